The van der Waals surface area contributed by atoms with Gasteiger partial charge >= 0.3 is 0 Å². The molecule has 0 heterocycles. The topological polar surface area (TPSA) is 55.1 Å². The van der Waals surface area contributed by atoms with Crippen LogP contribution in [-0.4, -0.2) is 5.91 Å². The molecule has 0 saturated heterocycles. The second-order valence-electron chi connectivity index (χ2n) is 4.83. The molecule has 1 aromatic carbocycles. The van der Waals surface area contributed by atoms with Crippen LogP contribution in [0.5, 0.6) is 0 Å². The molecular weight excluding hydrogens is 219 g/mol. The summed E-state index contributed by atoms with van der Waals surface area (Å²) in [7, 11) is 0. The van der Waals surface area contributed by atoms with E-state index in [4.69, 9.17) is 5.73 Å². The van der Waals surface area contributed by atoms with E-state index in [2.05, 4.69) is 5.32 Å². The molecule has 17 heavy (non-hydrogen) atoms. The number of benzene rings is 1. The van der Waals surface area contributed by atoms with Crippen LogP contribution in [0.4, 0.5) is 15.8 Å². The molecule has 0 aliphatic rings. The lowest BCUT2D eigenvalue weighted by atomic mass is 9.89. The molecule has 0 aliphatic heterocycles. The Morgan fingerprint density at radius 3 is 2.59 bits per heavy atom. The number of carbonyl (C=O) groups is 1. The molecule has 0 fully saturated rings. The third-order valence-electron chi connectivity index (χ3n) is 3.19. The van der Waals surface area contributed by atoms with Crippen molar-refractivity contribution in [3.63, 3.8) is 0 Å². The number of halogens is 1. The van der Waals surface area contributed by atoms with Crippen LogP contribution in [0.3, 0.4) is 0 Å². The number of amides is 1. The van der Waals surface area contributed by atoms with Crippen molar-refractivity contribution in [3.05, 3.63) is 23.5 Å². The lowest BCUT2D eigenvalue weighted by Crippen LogP contribution is -2.30. The van der Waals surface area contributed by atoms with Crippen LogP contribution in [0.1, 0.15) is 32.8 Å². The van der Waals surface area contributed by atoms with E-state index in [1.807, 2.05) is 20.8 Å². The minimum absolute atomic E-state index is 0.177. The Labute approximate surface area is 101 Å². The molecule has 0 radical (unpaired) electrons. The fourth-order valence-corrected chi connectivity index (χ4v) is 1.29. The predicted octanol–water partition coefficient (Wildman–Crippen LogP) is 3.09. The summed E-state index contributed by atoms with van der Waals surface area (Å²) >= 11 is 0. The van der Waals surface area contributed by atoms with Crippen molar-refractivity contribution in [2.24, 2.45) is 5.41 Å². The second-order valence-corrected chi connectivity index (χ2v) is 4.83. The summed E-state index contributed by atoms with van der Waals surface area (Å²) in [6.45, 7) is 7.25. The van der Waals surface area contributed by atoms with Crippen LogP contribution >= 0.6 is 0 Å². The average Bonchev–Trinajstić information content (AvgIpc) is 2.29. The predicted molar refractivity (Wildman–Crippen MR) is 68.3 cm³/mol. The summed E-state index contributed by atoms with van der Waals surface area (Å²) in [5.74, 6) is -0.662. The first kappa shape index (κ1) is 13.5. The number of nitrogen functional groups attached to an aromatic ring is 1. The van der Waals surface area contributed by atoms with E-state index in [0.29, 0.717) is 17.7 Å². The summed E-state index contributed by atoms with van der Waals surface area (Å²) < 4.78 is 13.6. The summed E-state index contributed by atoms with van der Waals surface area (Å²) in [5.41, 5.74) is 6.37. The van der Waals surface area contributed by atoms with Gasteiger partial charge in [-0.3, -0.25) is 4.79 Å². The summed E-state index contributed by atoms with van der Waals surface area (Å²) in [6, 6.07) is 2.75. The Morgan fingerprint density at radius 2 is 2.06 bits per heavy atom. The van der Waals surface area contributed by atoms with Gasteiger partial charge in [0, 0.05) is 11.1 Å². The SMILES string of the molecule is CCC(C)(C)C(=O)Nc1c(F)ccc(N)c1C. The van der Waals surface area contributed by atoms with Gasteiger partial charge in [-0.2, -0.15) is 0 Å². The maximum Gasteiger partial charge on any atom is 0.230 e. The van der Waals surface area contributed by atoms with E-state index in [1.165, 1.54) is 12.1 Å². The van der Waals surface area contributed by atoms with E-state index < -0.39 is 11.2 Å². The molecule has 4 heteroatoms. The molecule has 0 aromatic heterocycles. The monoisotopic (exact) mass is 238 g/mol. The Hall–Kier alpha value is -1.58. The lowest BCUT2D eigenvalue weighted by molar-refractivity contribution is -0.124. The number of nitrogens with one attached hydrogen (secondary N) is 1. The van der Waals surface area contributed by atoms with Crippen LogP contribution in [0.25, 0.3) is 0 Å². The van der Waals surface area contributed by atoms with Gasteiger partial charge in [0.1, 0.15) is 5.82 Å². The Morgan fingerprint density at radius 1 is 1.47 bits per heavy atom. The van der Waals surface area contributed by atoms with Crippen molar-refractivity contribution in [1.29, 1.82) is 0 Å². The van der Waals surface area contributed by atoms with Crippen molar-refractivity contribution in [1.82, 2.24) is 0 Å². The Kier molecular flexibility index (Phi) is 3.76. The van der Waals surface area contributed by atoms with E-state index in [1.54, 1.807) is 6.92 Å². The van der Waals surface area contributed by atoms with Crippen LogP contribution in [-0.2, 0) is 4.79 Å². The fraction of sp³-hybridized carbons (Fsp3) is 0.462. The molecular formula is C13H19FN2O. The van der Waals surface area contributed by atoms with Crippen molar-refractivity contribution >= 4 is 17.3 Å². The van der Waals surface area contributed by atoms with Gasteiger partial charge in [0.2, 0.25) is 5.91 Å². The quantitative estimate of drug-likeness (QED) is 0.795. The molecule has 1 rings (SSSR count). The van der Waals surface area contributed by atoms with Gasteiger partial charge < -0.3 is 11.1 Å². The standard InChI is InChI=1S/C13H19FN2O/c1-5-13(3,4)12(17)16-11-8(2)10(15)7-6-9(11)14/h6-7H,5,15H2,1-4H3,(H,16,17). The first-order chi connectivity index (χ1) is 7.79. The average molecular weight is 238 g/mol. The molecule has 0 aliphatic carbocycles. The molecule has 3 nitrogen and oxygen atoms in total. The summed E-state index contributed by atoms with van der Waals surface area (Å²) in [6.07, 6.45) is 0.682. The smallest absolute Gasteiger partial charge is 0.230 e. The highest BCUT2D eigenvalue weighted by atomic mass is 19.1. The summed E-state index contributed by atoms with van der Waals surface area (Å²) in [5, 5.41) is 2.62. The second kappa shape index (κ2) is 4.73. The van der Waals surface area contributed by atoms with Crippen LogP contribution in [0.15, 0.2) is 12.1 Å². The van der Waals surface area contributed by atoms with Crippen molar-refractivity contribution < 1.29 is 9.18 Å². The zero-order valence-corrected chi connectivity index (χ0v) is 10.7. The van der Waals surface area contributed by atoms with Gasteiger partial charge in [-0.1, -0.05) is 20.8 Å². The number of rotatable bonds is 3. The number of hydrogen-bond acceptors (Lipinski definition) is 2. The Bertz CT molecular complexity index is 441. The van der Waals surface area contributed by atoms with Gasteiger partial charge in [-0.05, 0) is 31.0 Å². The molecule has 0 unspecified atom stereocenters. The Balaban J connectivity index is 3.04. The van der Waals surface area contributed by atoms with Gasteiger partial charge in [-0.25, -0.2) is 4.39 Å². The van der Waals surface area contributed by atoms with E-state index in [0.717, 1.165) is 0 Å². The van der Waals surface area contributed by atoms with Gasteiger partial charge in [-0.15, -0.1) is 0 Å². The molecule has 0 saturated carbocycles. The highest BCUT2D eigenvalue weighted by molar-refractivity contribution is 5.96. The minimum atomic E-state index is -0.524. The van der Waals surface area contributed by atoms with Crippen molar-refractivity contribution in [2.45, 2.75) is 34.1 Å². The van der Waals surface area contributed by atoms with Gasteiger partial charge in [0.25, 0.3) is 0 Å². The highest BCUT2D eigenvalue weighted by Crippen LogP contribution is 2.28. The molecule has 0 atom stereocenters. The van der Waals surface area contributed by atoms with Crippen molar-refractivity contribution in [2.75, 3.05) is 11.1 Å². The highest BCUT2D eigenvalue weighted by Gasteiger charge is 2.26. The first-order valence-corrected chi connectivity index (χ1v) is 5.65. The number of hydrogen-bond donors (Lipinski definition) is 2. The zero-order chi connectivity index (χ0) is 13.2. The maximum atomic E-state index is 13.6. The lowest BCUT2D eigenvalue weighted by Gasteiger charge is -2.22. The van der Waals surface area contributed by atoms with E-state index in [-0.39, 0.29) is 11.6 Å². The van der Waals surface area contributed by atoms with E-state index in [9.17, 15) is 9.18 Å². The molecule has 0 spiro atoms. The molecule has 94 valence electrons. The third kappa shape index (κ3) is 2.75. The molecule has 3 N–H and O–H groups in total. The number of carbonyl (C=O) groups excluding carboxylic acids is 1. The van der Waals surface area contributed by atoms with Gasteiger partial charge in [0.15, 0.2) is 0 Å². The summed E-state index contributed by atoms with van der Waals surface area (Å²) in [4.78, 5) is 12.0. The van der Waals surface area contributed by atoms with E-state index >= 15 is 0 Å². The number of nitrogens with two attached hydrogens (primary N) is 1. The first-order valence-electron chi connectivity index (χ1n) is 5.65. The molecule has 0 bridgehead atoms. The fourth-order valence-electron chi connectivity index (χ4n) is 1.29. The minimum Gasteiger partial charge on any atom is -0.398 e. The van der Waals surface area contributed by atoms with Gasteiger partial charge in [0.05, 0.1) is 5.69 Å². The van der Waals surface area contributed by atoms with Crippen LogP contribution in [0.2, 0.25) is 0 Å². The van der Waals surface area contributed by atoms with Crippen LogP contribution in [0, 0.1) is 18.2 Å². The third-order valence-corrected chi connectivity index (χ3v) is 3.19. The normalized spacial score (nSPS) is 11.4. The zero-order valence-electron chi connectivity index (χ0n) is 10.7. The van der Waals surface area contributed by atoms with Crippen molar-refractivity contribution in [3.8, 4) is 0 Å². The molecule has 1 amide bonds. The maximum absolute atomic E-state index is 13.6. The van der Waals surface area contributed by atoms with Crippen LogP contribution < -0.4 is 11.1 Å². The largest absolute Gasteiger partial charge is 0.398 e. The number of anilines is 2. The molecule has 1 aromatic rings.